The second-order valence-electron chi connectivity index (χ2n) is 5.41. The van der Waals surface area contributed by atoms with Crippen molar-refractivity contribution in [1.29, 1.82) is 0 Å². The molecule has 0 radical (unpaired) electrons. The van der Waals surface area contributed by atoms with Crippen molar-refractivity contribution in [3.63, 3.8) is 0 Å². The number of aliphatic hydroxyl groups is 1. The highest BCUT2D eigenvalue weighted by Crippen LogP contribution is 2.26. The second kappa shape index (κ2) is 6.99. The summed E-state index contributed by atoms with van der Waals surface area (Å²) in [6, 6.07) is 6.84. The van der Waals surface area contributed by atoms with Gasteiger partial charge in [0.1, 0.15) is 5.75 Å². The molecule has 3 unspecified atom stereocenters. The molecule has 2 N–H and O–H groups in total. The number of ether oxygens (including phenoxy) is 1. The van der Waals surface area contributed by atoms with Gasteiger partial charge in [0.25, 0.3) is 0 Å². The van der Waals surface area contributed by atoms with Gasteiger partial charge in [-0.1, -0.05) is 12.1 Å². The molecule has 1 fully saturated rings. The first-order valence-electron chi connectivity index (χ1n) is 7.01. The topological polar surface area (TPSA) is 41.5 Å². The van der Waals surface area contributed by atoms with E-state index in [4.69, 9.17) is 0 Å². The minimum Gasteiger partial charge on any atom is -0.435 e. The first-order valence-corrected chi connectivity index (χ1v) is 7.01. The number of nitrogens with one attached hydrogen (secondary N) is 1. The van der Waals surface area contributed by atoms with Crippen molar-refractivity contribution in [1.82, 2.24) is 5.32 Å². The van der Waals surface area contributed by atoms with Crippen LogP contribution in [-0.4, -0.2) is 24.4 Å². The fourth-order valence-corrected chi connectivity index (χ4v) is 2.63. The van der Waals surface area contributed by atoms with E-state index < -0.39 is 6.61 Å². The van der Waals surface area contributed by atoms with Crippen molar-refractivity contribution >= 4 is 0 Å². The Bertz CT molecular complexity index is 411. The van der Waals surface area contributed by atoms with E-state index in [2.05, 4.69) is 10.1 Å². The number of alkyl halides is 2. The SMILES string of the molecule is CC(NCC1CCC(O)C1)c1ccc(OC(F)F)cc1. The third-order valence-corrected chi connectivity index (χ3v) is 3.83. The van der Waals surface area contributed by atoms with E-state index in [0.717, 1.165) is 31.4 Å². The Morgan fingerprint density at radius 1 is 1.30 bits per heavy atom. The molecule has 0 amide bonds. The van der Waals surface area contributed by atoms with Crippen LogP contribution < -0.4 is 10.1 Å². The molecule has 0 saturated heterocycles. The predicted octanol–water partition coefficient (Wildman–Crippen LogP) is 3.10. The number of rotatable bonds is 6. The van der Waals surface area contributed by atoms with Crippen LogP contribution in [0.15, 0.2) is 24.3 Å². The molecule has 1 aliphatic carbocycles. The molecule has 3 nitrogen and oxygen atoms in total. The molecule has 0 spiro atoms. The summed E-state index contributed by atoms with van der Waals surface area (Å²) in [6.45, 7) is 0.118. The van der Waals surface area contributed by atoms with Crippen LogP contribution in [0.25, 0.3) is 0 Å². The number of hydrogen-bond donors (Lipinski definition) is 2. The van der Waals surface area contributed by atoms with E-state index >= 15 is 0 Å². The average molecular weight is 285 g/mol. The Hall–Kier alpha value is -1.20. The Morgan fingerprint density at radius 2 is 2.00 bits per heavy atom. The van der Waals surface area contributed by atoms with Gasteiger partial charge in [0.15, 0.2) is 0 Å². The number of halogens is 2. The van der Waals surface area contributed by atoms with E-state index in [1.54, 1.807) is 24.3 Å². The lowest BCUT2D eigenvalue weighted by molar-refractivity contribution is -0.0498. The van der Waals surface area contributed by atoms with Gasteiger partial charge in [-0.2, -0.15) is 8.78 Å². The Labute approximate surface area is 117 Å². The molecule has 5 heteroatoms. The quantitative estimate of drug-likeness (QED) is 0.844. The number of benzene rings is 1. The third-order valence-electron chi connectivity index (χ3n) is 3.83. The molecule has 1 aliphatic rings. The molecule has 0 bridgehead atoms. The Kier molecular flexibility index (Phi) is 5.31. The lowest BCUT2D eigenvalue weighted by Crippen LogP contribution is -2.25. The molecule has 1 aromatic rings. The molecule has 2 rings (SSSR count). The van der Waals surface area contributed by atoms with Crippen LogP contribution in [-0.2, 0) is 0 Å². The summed E-state index contributed by atoms with van der Waals surface area (Å²) in [5.74, 6) is 0.698. The van der Waals surface area contributed by atoms with Gasteiger partial charge in [0.05, 0.1) is 6.10 Å². The van der Waals surface area contributed by atoms with Crippen molar-refractivity contribution in [3.05, 3.63) is 29.8 Å². The van der Waals surface area contributed by atoms with E-state index in [9.17, 15) is 13.9 Å². The monoisotopic (exact) mass is 285 g/mol. The van der Waals surface area contributed by atoms with Crippen molar-refractivity contribution < 1.29 is 18.6 Å². The van der Waals surface area contributed by atoms with Crippen molar-refractivity contribution in [2.45, 2.75) is 44.9 Å². The van der Waals surface area contributed by atoms with Gasteiger partial charge in [-0.25, -0.2) is 0 Å². The van der Waals surface area contributed by atoms with Gasteiger partial charge < -0.3 is 15.2 Å². The molecule has 0 aromatic heterocycles. The maximum Gasteiger partial charge on any atom is 0.387 e. The highest BCUT2D eigenvalue weighted by Gasteiger charge is 2.22. The third kappa shape index (κ3) is 4.42. The summed E-state index contributed by atoms with van der Waals surface area (Å²) in [4.78, 5) is 0. The minimum absolute atomic E-state index is 0.147. The van der Waals surface area contributed by atoms with E-state index in [1.165, 1.54) is 0 Å². The summed E-state index contributed by atoms with van der Waals surface area (Å²) in [6.07, 6.45) is 2.66. The van der Waals surface area contributed by atoms with Crippen molar-refractivity contribution in [2.24, 2.45) is 5.92 Å². The normalized spacial score (nSPS) is 24.1. The summed E-state index contributed by atoms with van der Waals surface area (Å²) in [5.41, 5.74) is 1.03. The standard InChI is InChI=1S/C15H21F2NO2/c1-10(18-9-11-2-5-13(19)8-11)12-3-6-14(7-4-12)20-15(16)17/h3-4,6-7,10-11,13,15,18-19H,2,5,8-9H2,1H3. The fraction of sp³-hybridized carbons (Fsp3) is 0.600. The van der Waals surface area contributed by atoms with Gasteiger partial charge in [-0.3, -0.25) is 0 Å². The minimum atomic E-state index is -2.79. The molecule has 20 heavy (non-hydrogen) atoms. The summed E-state index contributed by atoms with van der Waals surface area (Å²) < 4.78 is 28.4. The molecule has 1 saturated carbocycles. The molecular weight excluding hydrogens is 264 g/mol. The van der Waals surface area contributed by atoms with E-state index in [0.29, 0.717) is 5.92 Å². The molecule has 0 heterocycles. The largest absolute Gasteiger partial charge is 0.435 e. The lowest BCUT2D eigenvalue weighted by atomic mass is 10.1. The number of hydrogen-bond acceptors (Lipinski definition) is 3. The summed E-state index contributed by atoms with van der Waals surface area (Å²) in [7, 11) is 0. The molecule has 3 atom stereocenters. The lowest BCUT2D eigenvalue weighted by Gasteiger charge is -2.18. The van der Waals surface area contributed by atoms with E-state index in [1.807, 2.05) is 6.92 Å². The zero-order chi connectivity index (χ0) is 14.5. The fourth-order valence-electron chi connectivity index (χ4n) is 2.63. The van der Waals surface area contributed by atoms with Gasteiger partial charge in [0, 0.05) is 6.04 Å². The zero-order valence-corrected chi connectivity index (χ0v) is 11.6. The zero-order valence-electron chi connectivity index (χ0n) is 11.6. The Morgan fingerprint density at radius 3 is 2.55 bits per heavy atom. The predicted molar refractivity (Wildman–Crippen MR) is 72.8 cm³/mol. The number of aliphatic hydroxyl groups excluding tert-OH is 1. The maximum atomic E-state index is 12.0. The molecule has 1 aromatic carbocycles. The summed E-state index contributed by atoms with van der Waals surface area (Å²) >= 11 is 0. The van der Waals surface area contributed by atoms with Crippen LogP contribution in [0.5, 0.6) is 5.75 Å². The molecular formula is C15H21F2NO2. The Balaban J connectivity index is 1.81. The molecule has 0 aliphatic heterocycles. The maximum absolute atomic E-state index is 12.0. The summed E-state index contributed by atoms with van der Waals surface area (Å²) in [5, 5.41) is 12.9. The first kappa shape index (κ1) is 15.2. The second-order valence-corrected chi connectivity index (χ2v) is 5.41. The van der Waals surface area contributed by atoms with Crippen LogP contribution in [0, 0.1) is 5.92 Å². The van der Waals surface area contributed by atoms with Crippen LogP contribution >= 0.6 is 0 Å². The average Bonchev–Trinajstić information content (AvgIpc) is 2.82. The van der Waals surface area contributed by atoms with Crippen LogP contribution in [0.4, 0.5) is 8.78 Å². The van der Waals surface area contributed by atoms with Crippen LogP contribution in [0.3, 0.4) is 0 Å². The van der Waals surface area contributed by atoms with Gasteiger partial charge >= 0.3 is 6.61 Å². The van der Waals surface area contributed by atoms with Crippen molar-refractivity contribution in [2.75, 3.05) is 6.54 Å². The smallest absolute Gasteiger partial charge is 0.387 e. The van der Waals surface area contributed by atoms with Crippen LogP contribution in [0.2, 0.25) is 0 Å². The van der Waals surface area contributed by atoms with E-state index in [-0.39, 0.29) is 17.9 Å². The first-order chi connectivity index (χ1) is 9.54. The van der Waals surface area contributed by atoms with Gasteiger partial charge in [-0.05, 0) is 56.3 Å². The molecule has 112 valence electrons. The van der Waals surface area contributed by atoms with Gasteiger partial charge in [0.2, 0.25) is 0 Å². The highest BCUT2D eigenvalue weighted by atomic mass is 19.3. The van der Waals surface area contributed by atoms with Crippen molar-refractivity contribution in [3.8, 4) is 5.75 Å². The highest BCUT2D eigenvalue weighted by molar-refractivity contribution is 5.28. The van der Waals surface area contributed by atoms with Gasteiger partial charge in [-0.15, -0.1) is 0 Å². The van der Waals surface area contributed by atoms with Crippen LogP contribution in [0.1, 0.15) is 37.8 Å².